The van der Waals surface area contributed by atoms with E-state index < -0.39 is 0 Å². The van der Waals surface area contributed by atoms with Gasteiger partial charge in [-0.2, -0.15) is 0 Å². The van der Waals surface area contributed by atoms with Crippen molar-refractivity contribution in [2.75, 3.05) is 38.6 Å². The molecule has 4 heteroatoms. The van der Waals surface area contributed by atoms with Crippen molar-refractivity contribution < 1.29 is 4.79 Å². The van der Waals surface area contributed by atoms with E-state index in [0.717, 1.165) is 36.8 Å². The summed E-state index contributed by atoms with van der Waals surface area (Å²) in [5, 5.41) is 3.12. The van der Waals surface area contributed by atoms with Gasteiger partial charge in [-0.15, -0.1) is 6.58 Å². The van der Waals surface area contributed by atoms with E-state index in [9.17, 15) is 4.79 Å². The molecule has 1 N–H and O–H groups in total. The lowest BCUT2D eigenvalue weighted by molar-refractivity contribution is 0.0195. The van der Waals surface area contributed by atoms with Crippen LogP contribution in [0.1, 0.15) is 23.2 Å². The van der Waals surface area contributed by atoms with Gasteiger partial charge in [-0.3, -0.25) is 9.69 Å². The molecular weight excluding hydrogens is 286 g/mol. The number of hydrogen-bond acceptors (Lipinski definition) is 3. The molecule has 3 saturated heterocycles. The average molecular weight is 313 g/mol. The summed E-state index contributed by atoms with van der Waals surface area (Å²) in [6.45, 7) is 6.97. The highest BCUT2D eigenvalue weighted by atomic mass is 16.1. The van der Waals surface area contributed by atoms with Crippen LogP contribution in [0.25, 0.3) is 0 Å². The first-order chi connectivity index (χ1) is 11.1. The van der Waals surface area contributed by atoms with Gasteiger partial charge in [0, 0.05) is 44.5 Å². The SMILES string of the molecule is C=C[C@H]1CN2CC[C@@H]1C[C@@H]2CNC(=O)c1ccc(N(C)C)cc1. The first kappa shape index (κ1) is 16.1. The third kappa shape index (κ3) is 3.42. The van der Waals surface area contributed by atoms with E-state index in [1.807, 2.05) is 43.3 Å². The number of carbonyl (C=O) groups is 1. The summed E-state index contributed by atoms with van der Waals surface area (Å²) in [7, 11) is 4.00. The minimum atomic E-state index is 0.0261. The molecular formula is C19H27N3O. The molecule has 0 aromatic heterocycles. The highest BCUT2D eigenvalue weighted by Gasteiger charge is 2.38. The number of piperidine rings is 3. The number of rotatable bonds is 5. The second kappa shape index (κ2) is 6.75. The molecule has 2 bridgehead atoms. The van der Waals surface area contributed by atoms with Crippen molar-refractivity contribution in [3.8, 4) is 0 Å². The minimum Gasteiger partial charge on any atom is -0.378 e. The molecule has 4 nitrogen and oxygen atoms in total. The molecule has 3 heterocycles. The number of carbonyl (C=O) groups excluding carboxylic acids is 1. The van der Waals surface area contributed by atoms with E-state index in [4.69, 9.17) is 0 Å². The van der Waals surface area contributed by atoms with Gasteiger partial charge in [0.1, 0.15) is 0 Å². The minimum absolute atomic E-state index is 0.0261. The number of nitrogens with one attached hydrogen (secondary N) is 1. The topological polar surface area (TPSA) is 35.6 Å². The standard InChI is InChI=1S/C19H27N3O/c1-4-14-13-22-10-9-16(14)11-18(22)12-20-19(23)15-5-7-17(8-6-15)21(2)3/h4-8,14,16,18H,1,9-13H2,2-3H3,(H,20,23)/t14-,16+,18+/m0/s1. The Morgan fingerprint density at radius 1 is 1.39 bits per heavy atom. The highest BCUT2D eigenvalue weighted by Crippen LogP contribution is 2.36. The lowest BCUT2D eigenvalue weighted by Crippen LogP contribution is -2.56. The van der Waals surface area contributed by atoms with Crippen LogP contribution in [0, 0.1) is 11.8 Å². The van der Waals surface area contributed by atoms with Gasteiger partial charge < -0.3 is 10.2 Å². The Hall–Kier alpha value is -1.81. The average Bonchev–Trinajstić information content (AvgIpc) is 2.60. The van der Waals surface area contributed by atoms with Crippen LogP contribution < -0.4 is 10.2 Å². The van der Waals surface area contributed by atoms with Gasteiger partial charge in [0.25, 0.3) is 5.91 Å². The van der Waals surface area contributed by atoms with Gasteiger partial charge in [-0.1, -0.05) is 6.08 Å². The largest absolute Gasteiger partial charge is 0.378 e. The van der Waals surface area contributed by atoms with E-state index in [-0.39, 0.29) is 5.91 Å². The normalized spacial score (nSPS) is 29.1. The summed E-state index contributed by atoms with van der Waals surface area (Å²) in [5.74, 6) is 1.41. The molecule has 1 aromatic rings. The zero-order valence-corrected chi connectivity index (χ0v) is 14.2. The zero-order chi connectivity index (χ0) is 16.4. The fourth-order valence-corrected chi connectivity index (χ4v) is 3.88. The smallest absolute Gasteiger partial charge is 0.251 e. The lowest BCUT2D eigenvalue weighted by atomic mass is 9.75. The quantitative estimate of drug-likeness (QED) is 0.848. The van der Waals surface area contributed by atoms with Gasteiger partial charge in [-0.05, 0) is 55.5 Å². The van der Waals surface area contributed by atoms with Gasteiger partial charge in [-0.25, -0.2) is 0 Å². The van der Waals surface area contributed by atoms with E-state index in [2.05, 4.69) is 22.9 Å². The highest BCUT2D eigenvalue weighted by molar-refractivity contribution is 5.94. The molecule has 3 fully saturated rings. The molecule has 4 atom stereocenters. The number of benzene rings is 1. The van der Waals surface area contributed by atoms with E-state index >= 15 is 0 Å². The molecule has 23 heavy (non-hydrogen) atoms. The van der Waals surface area contributed by atoms with Crippen molar-refractivity contribution in [1.29, 1.82) is 0 Å². The summed E-state index contributed by atoms with van der Waals surface area (Å²) < 4.78 is 0. The van der Waals surface area contributed by atoms with Crippen LogP contribution in [-0.4, -0.2) is 50.6 Å². The van der Waals surface area contributed by atoms with E-state index in [1.165, 1.54) is 12.8 Å². The molecule has 3 aliphatic rings. The van der Waals surface area contributed by atoms with Gasteiger partial charge in [0.2, 0.25) is 0 Å². The van der Waals surface area contributed by atoms with Crippen LogP contribution in [0.2, 0.25) is 0 Å². The summed E-state index contributed by atoms with van der Waals surface area (Å²) in [4.78, 5) is 16.9. The van der Waals surface area contributed by atoms with Crippen molar-refractivity contribution in [2.45, 2.75) is 18.9 Å². The molecule has 1 amide bonds. The summed E-state index contributed by atoms with van der Waals surface area (Å²) >= 11 is 0. The number of hydrogen-bond donors (Lipinski definition) is 1. The number of fused-ring (bicyclic) bond motifs is 3. The lowest BCUT2D eigenvalue weighted by Gasteiger charge is -2.49. The van der Waals surface area contributed by atoms with Crippen LogP contribution in [-0.2, 0) is 0 Å². The van der Waals surface area contributed by atoms with E-state index in [0.29, 0.717) is 12.0 Å². The Balaban J connectivity index is 1.54. The van der Waals surface area contributed by atoms with Crippen LogP contribution in [0.5, 0.6) is 0 Å². The molecule has 0 aliphatic carbocycles. The van der Waals surface area contributed by atoms with Crippen LogP contribution in [0.3, 0.4) is 0 Å². The predicted molar refractivity (Wildman–Crippen MR) is 94.9 cm³/mol. The summed E-state index contributed by atoms with van der Waals surface area (Å²) in [5.41, 5.74) is 1.84. The Bertz CT molecular complexity index is 566. The van der Waals surface area contributed by atoms with Crippen molar-refractivity contribution >= 4 is 11.6 Å². The molecule has 3 aliphatic heterocycles. The van der Waals surface area contributed by atoms with Gasteiger partial charge in [0.05, 0.1) is 0 Å². The number of anilines is 1. The summed E-state index contributed by atoms with van der Waals surface area (Å²) in [6, 6.07) is 8.23. The first-order valence-electron chi connectivity index (χ1n) is 8.50. The molecule has 124 valence electrons. The first-order valence-corrected chi connectivity index (χ1v) is 8.50. The number of amides is 1. The second-order valence-corrected chi connectivity index (χ2v) is 6.98. The molecule has 4 rings (SSSR count). The van der Waals surface area contributed by atoms with Crippen LogP contribution in [0.15, 0.2) is 36.9 Å². The molecule has 1 aromatic carbocycles. The fraction of sp³-hybridized carbons (Fsp3) is 0.526. The van der Waals surface area contributed by atoms with Crippen molar-refractivity contribution in [3.63, 3.8) is 0 Å². The third-order valence-corrected chi connectivity index (χ3v) is 5.38. The maximum Gasteiger partial charge on any atom is 0.251 e. The maximum absolute atomic E-state index is 12.3. The second-order valence-electron chi connectivity index (χ2n) is 6.98. The molecule has 0 radical (unpaired) electrons. The van der Waals surface area contributed by atoms with Gasteiger partial charge >= 0.3 is 0 Å². The Morgan fingerprint density at radius 3 is 2.70 bits per heavy atom. The van der Waals surface area contributed by atoms with E-state index in [1.54, 1.807) is 0 Å². The molecule has 1 unspecified atom stereocenters. The Morgan fingerprint density at radius 2 is 2.13 bits per heavy atom. The van der Waals surface area contributed by atoms with Crippen molar-refractivity contribution in [2.24, 2.45) is 11.8 Å². The molecule has 0 saturated carbocycles. The maximum atomic E-state index is 12.3. The van der Waals surface area contributed by atoms with Gasteiger partial charge in [0.15, 0.2) is 0 Å². The fourth-order valence-electron chi connectivity index (χ4n) is 3.88. The Kier molecular flexibility index (Phi) is 4.71. The van der Waals surface area contributed by atoms with Crippen LogP contribution in [0.4, 0.5) is 5.69 Å². The predicted octanol–water partition coefficient (Wildman–Crippen LogP) is 2.38. The van der Waals surface area contributed by atoms with Crippen molar-refractivity contribution in [3.05, 3.63) is 42.5 Å². The van der Waals surface area contributed by atoms with Crippen molar-refractivity contribution in [1.82, 2.24) is 10.2 Å². The summed E-state index contributed by atoms with van der Waals surface area (Å²) in [6.07, 6.45) is 4.56. The monoisotopic (exact) mass is 313 g/mol. The zero-order valence-electron chi connectivity index (χ0n) is 14.2. The van der Waals surface area contributed by atoms with Crippen LogP contribution >= 0.6 is 0 Å². The molecule has 0 spiro atoms. The third-order valence-electron chi connectivity index (χ3n) is 5.38. The Labute approximate surface area is 139 Å². The number of nitrogens with zero attached hydrogens (tertiary/aromatic N) is 2.